The molecule has 0 saturated carbocycles. The van der Waals surface area contributed by atoms with E-state index in [4.69, 9.17) is 9.84 Å². The van der Waals surface area contributed by atoms with Crippen LogP contribution in [0.4, 0.5) is 0 Å². The van der Waals surface area contributed by atoms with E-state index >= 15 is 0 Å². The average molecular weight is 252 g/mol. The monoisotopic (exact) mass is 252 g/mol. The van der Waals surface area contributed by atoms with Crippen LogP contribution < -0.4 is 4.72 Å². The molecule has 0 radical (unpaired) electrons. The normalized spacial score (nSPS) is 19.9. The standard InChI is InChI=1S/C9H20N2O4S/c1-9(2,8-12)7-10-16(13,14)11-3-5-15-6-4-11/h10,12H,3-8H2,1-2H3. The predicted molar refractivity (Wildman–Crippen MR) is 60.2 cm³/mol. The van der Waals surface area contributed by atoms with Gasteiger partial charge in [-0.25, -0.2) is 4.72 Å². The van der Waals surface area contributed by atoms with Gasteiger partial charge in [0.1, 0.15) is 0 Å². The smallest absolute Gasteiger partial charge is 0.279 e. The highest BCUT2D eigenvalue weighted by molar-refractivity contribution is 7.87. The van der Waals surface area contributed by atoms with E-state index in [0.29, 0.717) is 26.3 Å². The highest BCUT2D eigenvalue weighted by atomic mass is 32.2. The van der Waals surface area contributed by atoms with Crippen LogP contribution in [0.2, 0.25) is 0 Å². The number of ether oxygens (including phenoxy) is 1. The van der Waals surface area contributed by atoms with E-state index in [1.165, 1.54) is 4.31 Å². The maximum Gasteiger partial charge on any atom is 0.279 e. The summed E-state index contributed by atoms with van der Waals surface area (Å²) in [6, 6.07) is 0. The Labute approximate surface area is 96.8 Å². The molecule has 7 heteroatoms. The molecule has 0 aromatic rings. The first kappa shape index (κ1) is 13.9. The van der Waals surface area contributed by atoms with E-state index in [9.17, 15) is 8.42 Å². The highest BCUT2D eigenvalue weighted by Crippen LogP contribution is 2.13. The molecule has 6 nitrogen and oxygen atoms in total. The lowest BCUT2D eigenvalue weighted by atomic mass is 9.96. The molecule has 1 saturated heterocycles. The second kappa shape index (κ2) is 5.42. The second-order valence-electron chi connectivity index (χ2n) is 4.66. The zero-order valence-electron chi connectivity index (χ0n) is 9.77. The van der Waals surface area contributed by atoms with Crippen LogP contribution in [-0.2, 0) is 14.9 Å². The first-order valence-electron chi connectivity index (χ1n) is 5.31. The Kier molecular flexibility index (Phi) is 4.69. The zero-order chi connectivity index (χ0) is 12.2. The summed E-state index contributed by atoms with van der Waals surface area (Å²) in [4.78, 5) is 0. The summed E-state index contributed by atoms with van der Waals surface area (Å²) in [5.41, 5.74) is -0.445. The fourth-order valence-electron chi connectivity index (χ4n) is 1.22. The molecule has 0 spiro atoms. The molecule has 1 heterocycles. The minimum absolute atomic E-state index is 0.0569. The van der Waals surface area contributed by atoms with Crippen molar-refractivity contribution in [2.75, 3.05) is 39.5 Å². The van der Waals surface area contributed by atoms with Gasteiger partial charge in [0.2, 0.25) is 0 Å². The predicted octanol–water partition coefficient (Wildman–Crippen LogP) is -0.828. The third-order valence-electron chi connectivity index (χ3n) is 2.47. The molecule has 96 valence electrons. The van der Waals surface area contributed by atoms with E-state index in [1.54, 1.807) is 13.8 Å². The third kappa shape index (κ3) is 3.99. The van der Waals surface area contributed by atoms with Crippen molar-refractivity contribution in [1.82, 2.24) is 9.03 Å². The van der Waals surface area contributed by atoms with Crippen molar-refractivity contribution in [3.8, 4) is 0 Å². The number of hydrogen-bond acceptors (Lipinski definition) is 4. The largest absolute Gasteiger partial charge is 0.396 e. The van der Waals surface area contributed by atoms with Crippen LogP contribution >= 0.6 is 0 Å². The van der Waals surface area contributed by atoms with E-state index in [1.807, 2.05) is 0 Å². The number of aliphatic hydroxyl groups is 1. The van der Waals surface area contributed by atoms with Crippen molar-refractivity contribution >= 4 is 10.2 Å². The summed E-state index contributed by atoms with van der Waals surface area (Å²) < 4.78 is 32.6. The average Bonchev–Trinajstić information content (AvgIpc) is 2.28. The lowest BCUT2D eigenvalue weighted by Gasteiger charge is -2.28. The Hall–Kier alpha value is -0.210. The number of nitrogens with zero attached hydrogens (tertiary/aromatic N) is 1. The molecule has 2 N–H and O–H groups in total. The minimum atomic E-state index is -3.43. The van der Waals surface area contributed by atoms with Crippen LogP contribution in [0.1, 0.15) is 13.8 Å². The summed E-state index contributed by atoms with van der Waals surface area (Å²) in [6.45, 7) is 5.41. The summed E-state index contributed by atoms with van der Waals surface area (Å²) in [5, 5.41) is 9.03. The molecule has 0 aliphatic carbocycles. The van der Waals surface area contributed by atoms with E-state index in [-0.39, 0.29) is 13.2 Å². The van der Waals surface area contributed by atoms with Gasteiger partial charge in [-0.3, -0.25) is 0 Å². The fraction of sp³-hybridized carbons (Fsp3) is 1.00. The molecule has 0 amide bonds. The Balaban J connectivity index is 2.51. The van der Waals surface area contributed by atoms with Gasteiger partial charge in [-0.15, -0.1) is 0 Å². The molecule has 1 rings (SSSR count). The van der Waals surface area contributed by atoms with Crippen molar-refractivity contribution in [2.24, 2.45) is 5.41 Å². The van der Waals surface area contributed by atoms with Gasteiger partial charge in [-0.2, -0.15) is 12.7 Å². The van der Waals surface area contributed by atoms with Gasteiger partial charge in [0, 0.05) is 31.7 Å². The number of morpholine rings is 1. The molecule has 0 bridgehead atoms. The Bertz CT molecular complexity index is 309. The van der Waals surface area contributed by atoms with Gasteiger partial charge in [0.25, 0.3) is 10.2 Å². The minimum Gasteiger partial charge on any atom is -0.396 e. The van der Waals surface area contributed by atoms with E-state index < -0.39 is 15.6 Å². The molecule has 16 heavy (non-hydrogen) atoms. The van der Waals surface area contributed by atoms with Crippen LogP contribution in [-0.4, -0.2) is 57.3 Å². The highest BCUT2D eigenvalue weighted by Gasteiger charge is 2.26. The first-order chi connectivity index (χ1) is 7.37. The van der Waals surface area contributed by atoms with Crippen LogP contribution in [0.3, 0.4) is 0 Å². The molecule has 1 aliphatic rings. The van der Waals surface area contributed by atoms with Gasteiger partial charge >= 0.3 is 0 Å². The molecular formula is C9H20N2O4S. The molecule has 1 fully saturated rings. The number of nitrogens with one attached hydrogen (secondary N) is 1. The van der Waals surface area contributed by atoms with E-state index in [0.717, 1.165) is 0 Å². The molecule has 0 atom stereocenters. The Morgan fingerprint density at radius 1 is 1.38 bits per heavy atom. The molecular weight excluding hydrogens is 232 g/mol. The zero-order valence-corrected chi connectivity index (χ0v) is 10.6. The van der Waals surface area contributed by atoms with Crippen molar-refractivity contribution in [3.63, 3.8) is 0 Å². The summed E-state index contributed by atoms with van der Waals surface area (Å²) in [6.07, 6.45) is 0. The molecule has 0 unspecified atom stereocenters. The maximum absolute atomic E-state index is 11.8. The number of rotatable bonds is 5. The van der Waals surface area contributed by atoms with Crippen LogP contribution in [0, 0.1) is 5.41 Å². The van der Waals surface area contributed by atoms with E-state index in [2.05, 4.69) is 4.72 Å². The summed E-state index contributed by atoms with van der Waals surface area (Å²) in [5.74, 6) is 0. The molecule has 0 aromatic heterocycles. The lowest BCUT2D eigenvalue weighted by molar-refractivity contribution is 0.0721. The molecule has 1 aliphatic heterocycles. The van der Waals surface area contributed by atoms with Crippen molar-refractivity contribution in [1.29, 1.82) is 0 Å². The topological polar surface area (TPSA) is 78.9 Å². The quantitative estimate of drug-likeness (QED) is 0.669. The van der Waals surface area contributed by atoms with Crippen molar-refractivity contribution < 1.29 is 18.3 Å². The van der Waals surface area contributed by atoms with Gasteiger partial charge in [0.15, 0.2) is 0 Å². The number of hydrogen-bond donors (Lipinski definition) is 2. The maximum atomic E-state index is 11.8. The molecule has 0 aromatic carbocycles. The van der Waals surface area contributed by atoms with Crippen LogP contribution in [0.5, 0.6) is 0 Å². The van der Waals surface area contributed by atoms with Crippen molar-refractivity contribution in [2.45, 2.75) is 13.8 Å². The SMILES string of the molecule is CC(C)(CO)CNS(=O)(=O)N1CCOCC1. The van der Waals surface area contributed by atoms with Crippen LogP contribution in [0.15, 0.2) is 0 Å². The lowest BCUT2D eigenvalue weighted by Crippen LogP contribution is -2.49. The van der Waals surface area contributed by atoms with Gasteiger partial charge in [-0.1, -0.05) is 13.8 Å². The van der Waals surface area contributed by atoms with Crippen molar-refractivity contribution in [3.05, 3.63) is 0 Å². The third-order valence-corrected chi connectivity index (χ3v) is 4.03. The van der Waals surface area contributed by atoms with Gasteiger partial charge in [-0.05, 0) is 0 Å². The fourth-order valence-corrected chi connectivity index (χ4v) is 2.61. The van der Waals surface area contributed by atoms with Gasteiger partial charge in [0.05, 0.1) is 13.2 Å². The summed E-state index contributed by atoms with van der Waals surface area (Å²) in [7, 11) is -3.43. The number of aliphatic hydroxyl groups excluding tert-OH is 1. The Morgan fingerprint density at radius 2 is 1.94 bits per heavy atom. The summed E-state index contributed by atoms with van der Waals surface area (Å²) >= 11 is 0. The Morgan fingerprint density at radius 3 is 2.44 bits per heavy atom. The van der Waals surface area contributed by atoms with Gasteiger partial charge < -0.3 is 9.84 Å². The second-order valence-corrected chi connectivity index (χ2v) is 6.42. The van der Waals surface area contributed by atoms with Crippen LogP contribution in [0.25, 0.3) is 0 Å². The first-order valence-corrected chi connectivity index (χ1v) is 6.75.